The van der Waals surface area contributed by atoms with Gasteiger partial charge in [-0.2, -0.15) is 9.40 Å². The van der Waals surface area contributed by atoms with Gasteiger partial charge in [-0.25, -0.2) is 18.4 Å². The first-order valence-corrected chi connectivity index (χ1v) is 12.4. The lowest BCUT2D eigenvalue weighted by Gasteiger charge is -2.24. The predicted octanol–water partition coefficient (Wildman–Crippen LogP) is 1.86. The number of sulfonamides is 1. The maximum Gasteiger partial charge on any atom is 0.246 e. The molecule has 2 aliphatic heterocycles. The van der Waals surface area contributed by atoms with Crippen LogP contribution in [0.15, 0.2) is 4.90 Å². The number of rotatable bonds is 4. The van der Waals surface area contributed by atoms with Crippen LogP contribution < -0.4 is 4.90 Å². The van der Waals surface area contributed by atoms with Crippen LogP contribution in [-0.4, -0.2) is 58.7 Å². The van der Waals surface area contributed by atoms with Gasteiger partial charge in [0, 0.05) is 44.0 Å². The Balaban J connectivity index is 1.36. The molecule has 0 N–H and O–H groups in total. The summed E-state index contributed by atoms with van der Waals surface area (Å²) in [5, 5.41) is 4.42. The van der Waals surface area contributed by atoms with Crippen molar-refractivity contribution in [1.29, 1.82) is 0 Å². The zero-order valence-corrected chi connectivity index (χ0v) is 19.0. The minimum absolute atomic E-state index is 0.342. The van der Waals surface area contributed by atoms with Crippen LogP contribution in [0, 0.1) is 32.6 Å². The third kappa shape index (κ3) is 2.97. The van der Waals surface area contributed by atoms with Gasteiger partial charge in [-0.3, -0.25) is 4.68 Å². The Labute approximate surface area is 178 Å². The van der Waals surface area contributed by atoms with Gasteiger partial charge < -0.3 is 4.90 Å². The Kier molecular flexibility index (Phi) is 4.66. The lowest BCUT2D eigenvalue weighted by Crippen LogP contribution is -2.34. The summed E-state index contributed by atoms with van der Waals surface area (Å²) in [4.78, 5) is 12.2. The number of hydrogen-bond acceptors (Lipinski definition) is 6. The van der Waals surface area contributed by atoms with E-state index in [2.05, 4.69) is 15.0 Å². The van der Waals surface area contributed by atoms with Gasteiger partial charge >= 0.3 is 0 Å². The van der Waals surface area contributed by atoms with Gasteiger partial charge in [0.25, 0.3) is 0 Å². The molecule has 3 aliphatic rings. The van der Waals surface area contributed by atoms with Crippen molar-refractivity contribution in [2.45, 2.75) is 58.4 Å². The quantitative estimate of drug-likeness (QED) is 0.736. The lowest BCUT2D eigenvalue weighted by atomic mass is 10.0. The summed E-state index contributed by atoms with van der Waals surface area (Å²) < 4.78 is 30.3. The summed E-state index contributed by atoms with van der Waals surface area (Å²) in [7, 11) is -3.52. The molecule has 0 spiro atoms. The molecule has 5 rings (SSSR count). The number of anilines is 1. The van der Waals surface area contributed by atoms with Crippen LogP contribution >= 0.6 is 0 Å². The van der Waals surface area contributed by atoms with E-state index in [1.807, 2.05) is 20.8 Å². The zero-order valence-electron chi connectivity index (χ0n) is 18.2. The molecule has 0 bridgehead atoms. The van der Waals surface area contributed by atoms with Gasteiger partial charge in [-0.15, -0.1) is 0 Å². The molecule has 2 saturated heterocycles. The second-order valence-electron chi connectivity index (χ2n) is 8.94. The molecule has 4 heterocycles. The van der Waals surface area contributed by atoms with Crippen LogP contribution in [0.4, 0.5) is 5.82 Å². The first kappa shape index (κ1) is 19.9. The van der Waals surface area contributed by atoms with Crippen molar-refractivity contribution in [3.63, 3.8) is 0 Å². The molecule has 2 unspecified atom stereocenters. The first-order valence-electron chi connectivity index (χ1n) is 10.9. The van der Waals surface area contributed by atoms with E-state index >= 15 is 0 Å². The summed E-state index contributed by atoms with van der Waals surface area (Å²) in [6.45, 7) is 11.2. The first-order chi connectivity index (χ1) is 14.3. The molecule has 2 atom stereocenters. The van der Waals surface area contributed by atoms with Gasteiger partial charge in [0.2, 0.25) is 10.0 Å². The van der Waals surface area contributed by atoms with E-state index < -0.39 is 10.0 Å². The van der Waals surface area contributed by atoms with E-state index in [0.29, 0.717) is 42.1 Å². The topological polar surface area (TPSA) is 84.2 Å². The second-order valence-corrected chi connectivity index (χ2v) is 10.8. The third-order valence-corrected chi connectivity index (χ3v) is 9.07. The van der Waals surface area contributed by atoms with Crippen molar-refractivity contribution in [3.05, 3.63) is 28.5 Å². The van der Waals surface area contributed by atoms with Crippen LogP contribution in [0.5, 0.6) is 0 Å². The minimum atomic E-state index is -3.52. The average molecular weight is 431 g/mol. The number of nitrogens with zero attached hydrogens (tertiary/aromatic N) is 6. The predicted molar refractivity (Wildman–Crippen MR) is 114 cm³/mol. The summed E-state index contributed by atoms with van der Waals surface area (Å²) >= 11 is 0. The minimum Gasteiger partial charge on any atom is -0.356 e. The van der Waals surface area contributed by atoms with Crippen molar-refractivity contribution in [1.82, 2.24) is 24.1 Å². The highest BCUT2D eigenvalue weighted by molar-refractivity contribution is 7.89. The molecule has 2 aromatic heterocycles. The summed E-state index contributed by atoms with van der Waals surface area (Å²) in [5.74, 6) is 2.61. The molecule has 0 radical (unpaired) electrons. The van der Waals surface area contributed by atoms with Crippen LogP contribution in [0.2, 0.25) is 0 Å². The molecule has 0 amide bonds. The maximum atomic E-state index is 13.4. The fraction of sp³-hybridized carbons (Fsp3) is 0.667. The second kappa shape index (κ2) is 7.02. The van der Waals surface area contributed by atoms with E-state index in [1.54, 1.807) is 15.9 Å². The van der Waals surface area contributed by atoms with E-state index in [4.69, 9.17) is 4.98 Å². The summed E-state index contributed by atoms with van der Waals surface area (Å²) in [6.07, 6.45) is 3.25. The van der Waals surface area contributed by atoms with Crippen LogP contribution in [0.3, 0.4) is 0 Å². The number of hydrogen-bond donors (Lipinski definition) is 0. The molecular weight excluding hydrogens is 400 g/mol. The van der Waals surface area contributed by atoms with Crippen LogP contribution in [-0.2, 0) is 29.4 Å². The zero-order chi connectivity index (χ0) is 21.2. The fourth-order valence-electron chi connectivity index (χ4n) is 5.60. The Bertz CT molecular complexity index is 1100. The molecule has 0 aromatic carbocycles. The molecule has 8 nitrogen and oxygen atoms in total. The van der Waals surface area contributed by atoms with E-state index in [0.717, 1.165) is 49.7 Å². The van der Waals surface area contributed by atoms with Gasteiger partial charge in [-0.05, 0) is 58.8 Å². The van der Waals surface area contributed by atoms with Gasteiger partial charge in [0.05, 0.1) is 11.4 Å². The average Bonchev–Trinajstić information content (AvgIpc) is 3.42. The largest absolute Gasteiger partial charge is 0.356 e. The van der Waals surface area contributed by atoms with E-state index in [1.165, 1.54) is 11.3 Å². The molecule has 2 fully saturated rings. The Morgan fingerprint density at radius 1 is 1.00 bits per heavy atom. The summed E-state index contributed by atoms with van der Waals surface area (Å²) in [5.41, 5.74) is 3.85. The Morgan fingerprint density at radius 3 is 2.33 bits per heavy atom. The summed E-state index contributed by atoms with van der Waals surface area (Å²) in [6, 6.07) is 0. The van der Waals surface area contributed by atoms with Crippen LogP contribution in [0.1, 0.15) is 41.8 Å². The molecule has 1 aliphatic carbocycles. The lowest BCUT2D eigenvalue weighted by molar-refractivity contribution is 0.452. The number of aryl methyl sites for hydroxylation is 4. The fourth-order valence-corrected chi connectivity index (χ4v) is 7.53. The number of fused-ring (bicyclic) bond motifs is 2. The van der Waals surface area contributed by atoms with Gasteiger partial charge in [0.1, 0.15) is 16.5 Å². The van der Waals surface area contributed by atoms with E-state index in [9.17, 15) is 8.42 Å². The normalized spacial score (nSPS) is 23.9. The van der Waals surface area contributed by atoms with Crippen LogP contribution in [0.25, 0.3) is 0 Å². The maximum absolute atomic E-state index is 13.4. The van der Waals surface area contributed by atoms with Crippen molar-refractivity contribution >= 4 is 15.8 Å². The highest BCUT2D eigenvalue weighted by atomic mass is 32.2. The van der Waals surface area contributed by atoms with Crippen molar-refractivity contribution in [2.24, 2.45) is 11.8 Å². The van der Waals surface area contributed by atoms with E-state index in [-0.39, 0.29) is 0 Å². The molecule has 0 saturated carbocycles. The Morgan fingerprint density at radius 2 is 1.70 bits per heavy atom. The SMILES string of the molecule is CCn1nc(C)c(S(=O)(=O)N2CC3CN(c4nc(C)nc5c4CCC5)CC3C2)c1C. The van der Waals surface area contributed by atoms with Gasteiger partial charge in [0.15, 0.2) is 0 Å². The highest BCUT2D eigenvalue weighted by Gasteiger charge is 2.46. The highest BCUT2D eigenvalue weighted by Crippen LogP contribution is 2.39. The standard InChI is InChI=1S/C21H30N6O2S/c1-5-27-14(3)20(13(2)24-27)30(28,29)26-11-16-9-25(10-17(16)12-26)21-18-7-6-8-19(18)22-15(4)23-21/h16-17H,5-12H2,1-4H3. The molecule has 162 valence electrons. The molecule has 9 heteroatoms. The molecule has 2 aromatic rings. The van der Waals surface area contributed by atoms with Gasteiger partial charge in [-0.1, -0.05) is 0 Å². The smallest absolute Gasteiger partial charge is 0.246 e. The van der Waals surface area contributed by atoms with Crippen molar-refractivity contribution < 1.29 is 8.42 Å². The Hall–Kier alpha value is -2.00. The third-order valence-electron chi connectivity index (χ3n) is 6.99. The molecule has 30 heavy (non-hydrogen) atoms. The monoisotopic (exact) mass is 430 g/mol. The number of aromatic nitrogens is 4. The van der Waals surface area contributed by atoms with Crippen molar-refractivity contribution in [3.8, 4) is 0 Å². The van der Waals surface area contributed by atoms with Crippen molar-refractivity contribution in [2.75, 3.05) is 31.1 Å². The molecular formula is C21H30N6O2S.